The van der Waals surface area contributed by atoms with Crippen molar-refractivity contribution in [2.24, 2.45) is 0 Å². The minimum atomic E-state index is 0. The van der Waals surface area contributed by atoms with Gasteiger partial charge in [0.1, 0.15) is 23.1 Å². The molecule has 23 aromatic rings. The van der Waals surface area contributed by atoms with Crippen LogP contribution in [0.1, 0.15) is 0 Å². The van der Waals surface area contributed by atoms with Crippen LogP contribution in [0.4, 0.5) is 68.2 Å². The third-order valence-corrected chi connectivity index (χ3v) is 26.6. The summed E-state index contributed by atoms with van der Waals surface area (Å²) in [5.74, 6) is 10.4. The van der Waals surface area contributed by atoms with Gasteiger partial charge < -0.3 is 72.4 Å². The largest absolute Gasteiger partial charge is 0.513 e. The molecule has 24 heteroatoms. The molecule has 0 bridgehead atoms. The van der Waals surface area contributed by atoms with Crippen LogP contribution in [0, 0.1) is 56.4 Å². The molecule has 147 heavy (non-hydrogen) atoms. The number of pyridine rings is 3. The molecule has 29 rings (SSSR count). The molecule has 0 aliphatic carbocycles. The van der Waals surface area contributed by atoms with E-state index in [1.165, 1.54) is 32.3 Å². The molecule has 0 amide bonds. The van der Waals surface area contributed by atoms with E-state index in [-0.39, 0.29) is 63.2 Å². The Hall–Kier alpha value is -17.3. The van der Waals surface area contributed by atoms with E-state index in [4.69, 9.17) is 28.7 Å². The van der Waals surface area contributed by atoms with E-state index >= 15 is 0 Å². The first kappa shape index (κ1) is 92.1. The summed E-state index contributed by atoms with van der Waals surface area (Å²) >= 11 is 0. The number of rotatable bonds is 14. The van der Waals surface area contributed by atoms with Crippen molar-refractivity contribution in [3.63, 3.8) is 0 Å². The summed E-state index contributed by atoms with van der Waals surface area (Å²) in [6.45, 7) is 6.26. The zero-order chi connectivity index (χ0) is 95.6. The van der Waals surface area contributed by atoms with E-state index in [2.05, 4.69) is 369 Å². The van der Waals surface area contributed by atoms with Gasteiger partial charge in [-0.25, -0.2) is 15.0 Å². The van der Waals surface area contributed by atoms with Gasteiger partial charge in [0.2, 0.25) is 11.8 Å². The maximum atomic E-state index is 6.51. The maximum Gasteiger partial charge on any atom is 0.216 e. The SMILES string of the molecule is CN1[CH-]N(c2[c-]c(N3c4[c-]c(Oc5ccccn5)ccc4Oc4ccccc43)ccc2)C=C1n1c2ccccc2c2ccccc21.CN1[CH-]N(c2[c-]c3c(cc2)Oc2ccccc2N3c2[c-]c(Oc3ccccn3)ccc2)C=C1n1c2ccccc2c2ccccc21.CN1[CH-]N(c2[c-]c3c(cc2)Oc2ccccc2N3c2[c-]c3c(cc2)c2ccccc2n3-c2ccccn2)C=C1n1c2ccccc2c2ccccc21.[Pt].[Pt].[Pt]. The average Bonchev–Trinajstić information content (AvgIpc) is 1.56. The van der Waals surface area contributed by atoms with Crippen molar-refractivity contribution in [3.8, 4) is 63.6 Å². The summed E-state index contributed by atoms with van der Waals surface area (Å²) in [5.41, 5.74) is 19.2. The second-order valence-electron chi connectivity index (χ2n) is 35.3. The molecule has 0 radical (unpaired) electrons. The van der Waals surface area contributed by atoms with Crippen molar-refractivity contribution < 1.29 is 86.9 Å². The first-order chi connectivity index (χ1) is 71.1. The van der Waals surface area contributed by atoms with Gasteiger partial charge in [-0.3, -0.25) is 13.7 Å². The van der Waals surface area contributed by atoms with Crippen molar-refractivity contribution in [2.45, 2.75) is 0 Å². The van der Waals surface area contributed by atoms with E-state index < -0.39 is 0 Å². The number of para-hydroxylation sites is 13. The number of nitrogens with zero attached hydrogens (tertiary/aromatic N) is 16. The molecular weight excluding hydrogens is 2370 g/mol. The van der Waals surface area contributed by atoms with Gasteiger partial charge in [0, 0.05) is 179 Å². The molecule has 6 aliphatic rings. The van der Waals surface area contributed by atoms with Gasteiger partial charge in [-0.1, -0.05) is 205 Å². The molecule has 13 heterocycles. The molecule has 16 aromatic carbocycles. The molecule has 6 aliphatic heterocycles. The van der Waals surface area contributed by atoms with Gasteiger partial charge in [-0.15, -0.1) is 126 Å². The third-order valence-electron chi connectivity index (χ3n) is 26.6. The smallest absolute Gasteiger partial charge is 0.216 e. The van der Waals surface area contributed by atoms with Crippen molar-refractivity contribution in [1.29, 1.82) is 0 Å². The van der Waals surface area contributed by atoms with Crippen LogP contribution in [0.2, 0.25) is 0 Å². The maximum absolute atomic E-state index is 6.51. The molecule has 0 N–H and O–H groups in total. The van der Waals surface area contributed by atoms with Gasteiger partial charge in [-0.05, 0) is 147 Å². The van der Waals surface area contributed by atoms with Crippen LogP contribution in [-0.2, 0) is 63.2 Å². The minimum absolute atomic E-state index is 0. The minimum Gasteiger partial charge on any atom is -0.513 e. The number of fused-ring (bicyclic) bond motifs is 18. The van der Waals surface area contributed by atoms with Gasteiger partial charge in [0.05, 0.1) is 67.6 Å². The number of hydrogen-bond acceptors (Lipinski definition) is 17. The van der Waals surface area contributed by atoms with Crippen LogP contribution in [0.5, 0.6) is 57.8 Å². The summed E-state index contributed by atoms with van der Waals surface area (Å²) in [4.78, 5) is 32.6. The van der Waals surface area contributed by atoms with E-state index in [1.54, 1.807) is 12.4 Å². The Kier molecular flexibility index (Phi) is 24.1. The molecule has 0 spiro atoms. The van der Waals surface area contributed by atoms with E-state index in [9.17, 15) is 0 Å². The molecular formula is C123H81N16O5Pt3-9. The van der Waals surface area contributed by atoms with Crippen LogP contribution < -0.4 is 53.1 Å². The van der Waals surface area contributed by atoms with Gasteiger partial charge in [-0.2, -0.15) is 38.2 Å². The number of anilines is 12. The monoisotopic (exact) mass is 2450 g/mol. The fourth-order valence-electron chi connectivity index (χ4n) is 20.3. The number of ether oxygens (including phenoxy) is 5. The van der Waals surface area contributed by atoms with E-state index in [0.717, 1.165) is 169 Å². The Morgan fingerprint density at radius 1 is 0.238 bits per heavy atom. The van der Waals surface area contributed by atoms with Crippen molar-refractivity contribution in [2.75, 3.05) is 50.5 Å². The first-order valence-corrected chi connectivity index (χ1v) is 47.3. The first-order valence-electron chi connectivity index (χ1n) is 47.3. The topological polar surface area (TPSA) is 134 Å². The Balaban J connectivity index is 0.000000117. The average molecular weight is 2450 g/mol. The van der Waals surface area contributed by atoms with E-state index in [1.807, 2.05) is 188 Å². The molecule has 0 saturated carbocycles. The Labute approximate surface area is 890 Å². The Morgan fingerprint density at radius 3 is 0.952 bits per heavy atom. The number of hydrogen-bond donors (Lipinski definition) is 0. The van der Waals surface area contributed by atoms with Gasteiger partial charge >= 0.3 is 0 Å². The third kappa shape index (κ3) is 16.2. The summed E-state index contributed by atoms with van der Waals surface area (Å²) in [6.07, 6.45) is 11.7. The molecule has 0 unspecified atom stereocenters. The predicted octanol–water partition coefficient (Wildman–Crippen LogP) is 29.8. The second kappa shape index (κ2) is 38.4. The predicted molar refractivity (Wildman–Crippen MR) is 572 cm³/mol. The van der Waals surface area contributed by atoms with Gasteiger partial charge in [0.25, 0.3) is 0 Å². The molecule has 0 atom stereocenters. The second-order valence-corrected chi connectivity index (χ2v) is 35.3. The zero-order valence-corrected chi connectivity index (χ0v) is 85.5. The molecule has 722 valence electrons. The van der Waals surface area contributed by atoms with Crippen molar-refractivity contribution >= 4 is 173 Å². The van der Waals surface area contributed by atoms with Crippen LogP contribution in [-0.4, -0.2) is 69.1 Å². The Morgan fingerprint density at radius 2 is 0.551 bits per heavy atom. The standard InChI is InChI=1S/C45H29N6O.2C39H26N5O2.3Pt/c1-47-29-48(28-45(47)51-37-16-6-3-12-32(37)33-13-4-7-17-38(33)51)30-22-24-43-41(26-30)49(39-18-8-9-19-42(39)52-43)31-21-23-35-34-14-2-5-15-36(34)50(40(35)27-31)44-20-10-11-25-46-44;1-41-26-42(25-39(41)44-32-15-4-2-13-30(32)31-14-3-5-16-33(31)44)27-20-21-37-35(24-27)43(34-17-6-7-18-36(34)46-37)28-11-10-12-29(23-28)45-38-19-8-9-22-40-38;1-41-26-42(25-39(41)44-32-15-4-2-13-30(32)31-14-3-5-16-33(31)44)27-11-10-12-28(23-27)43-34-17-6-7-18-36(34)46-37-21-20-29(24-35(37)43)45-38-19-8-9-22-40-38;;;/h2-25,28-29H,1H3;2*2-22,25-26H,1H3;;;/q3*-3;;;. The van der Waals surface area contributed by atoms with Crippen LogP contribution >= 0.6 is 0 Å². The summed E-state index contributed by atoms with van der Waals surface area (Å²) in [5, 5.41) is 9.63. The molecule has 21 nitrogen and oxygen atoms in total. The molecule has 0 saturated heterocycles. The quantitative estimate of drug-likeness (QED) is 0.0955. The summed E-state index contributed by atoms with van der Waals surface area (Å²) in [7, 11) is 6.23. The Bertz CT molecular complexity index is 8970. The summed E-state index contributed by atoms with van der Waals surface area (Å²) in [6, 6.07) is 151. The zero-order valence-electron chi connectivity index (χ0n) is 78.7. The molecule has 7 aromatic heterocycles. The number of benzene rings is 16. The fourth-order valence-corrected chi connectivity index (χ4v) is 20.3. The van der Waals surface area contributed by atoms with Crippen LogP contribution in [0.25, 0.3) is 111 Å². The molecule has 0 fully saturated rings. The normalized spacial score (nSPS) is 13.6. The van der Waals surface area contributed by atoms with Gasteiger partial charge in [0.15, 0.2) is 0 Å². The number of aromatic nitrogens is 7. The fraction of sp³-hybridized carbons (Fsp3) is 0.0244. The summed E-state index contributed by atoms with van der Waals surface area (Å²) < 4.78 is 40.5. The van der Waals surface area contributed by atoms with Crippen LogP contribution in [0.3, 0.4) is 0 Å². The van der Waals surface area contributed by atoms with E-state index in [0.29, 0.717) is 34.8 Å². The van der Waals surface area contributed by atoms with Crippen LogP contribution in [0.15, 0.2) is 419 Å². The van der Waals surface area contributed by atoms with Crippen molar-refractivity contribution in [3.05, 3.63) is 476 Å². The van der Waals surface area contributed by atoms with Crippen molar-refractivity contribution in [1.82, 2.24) is 47.9 Å².